The molecule has 1 saturated heterocycles. The summed E-state index contributed by atoms with van der Waals surface area (Å²) in [5, 5.41) is 19.0. The molecule has 0 aliphatic carbocycles. The van der Waals surface area contributed by atoms with Gasteiger partial charge in [0.15, 0.2) is 0 Å². The highest BCUT2D eigenvalue weighted by Crippen LogP contribution is 2.37. The lowest BCUT2D eigenvalue weighted by molar-refractivity contribution is 0.123. The first-order valence-electron chi connectivity index (χ1n) is 8.03. The van der Waals surface area contributed by atoms with Crippen molar-refractivity contribution in [2.24, 2.45) is 0 Å². The summed E-state index contributed by atoms with van der Waals surface area (Å²) in [6, 6.07) is 9.01. The highest BCUT2D eigenvalue weighted by Gasteiger charge is 2.44. The summed E-state index contributed by atoms with van der Waals surface area (Å²) in [5.74, 6) is 0.139. The number of aromatic nitrogens is 2. The molecule has 0 bridgehead atoms. The molecule has 2 heterocycles. The Morgan fingerprint density at radius 1 is 1.31 bits per heavy atom. The number of rotatable bonds is 3. The Hall–Kier alpha value is -2.64. The SMILES string of the molecule is CN(C)S(=O)(=O)n1c(C2(C#N)CCN(C(=O)O)CC2)nc2ccccc21. The number of fused-ring (bicyclic) bond motifs is 1. The largest absolute Gasteiger partial charge is 0.465 e. The van der Waals surface area contributed by atoms with E-state index in [-0.39, 0.29) is 31.8 Å². The molecular weight excluding hydrogens is 358 g/mol. The van der Waals surface area contributed by atoms with Crippen molar-refractivity contribution in [1.29, 1.82) is 5.26 Å². The Morgan fingerprint density at radius 3 is 2.46 bits per heavy atom. The van der Waals surface area contributed by atoms with Gasteiger partial charge in [0.05, 0.1) is 17.1 Å². The predicted molar refractivity (Wildman–Crippen MR) is 93.9 cm³/mol. The maximum atomic E-state index is 12.9. The smallest absolute Gasteiger partial charge is 0.407 e. The topological polar surface area (TPSA) is 120 Å². The fourth-order valence-corrected chi connectivity index (χ4v) is 4.33. The zero-order valence-electron chi connectivity index (χ0n) is 14.5. The second-order valence-electron chi connectivity index (χ2n) is 6.44. The molecule has 2 aromatic rings. The second-order valence-corrected chi connectivity index (χ2v) is 8.43. The predicted octanol–water partition coefficient (Wildman–Crippen LogP) is 1.23. The first-order valence-corrected chi connectivity index (χ1v) is 9.43. The number of carboxylic acid groups (broad SMARTS) is 1. The van der Waals surface area contributed by atoms with Crippen LogP contribution >= 0.6 is 0 Å². The van der Waals surface area contributed by atoms with Crippen LogP contribution in [0.1, 0.15) is 18.7 Å². The zero-order valence-corrected chi connectivity index (χ0v) is 15.3. The molecule has 3 rings (SSSR count). The summed E-state index contributed by atoms with van der Waals surface area (Å²) < 4.78 is 28.1. The standard InChI is InChI=1S/C16H19N5O4S/c1-19(2)26(24,25)21-13-6-4-3-5-12(13)18-14(21)16(11-17)7-9-20(10-8-16)15(22)23/h3-6H,7-10H2,1-2H3,(H,22,23). The van der Waals surface area contributed by atoms with Gasteiger partial charge in [-0.3, -0.25) is 0 Å². The van der Waals surface area contributed by atoms with E-state index in [4.69, 9.17) is 5.11 Å². The van der Waals surface area contributed by atoms with Crippen LogP contribution < -0.4 is 0 Å². The van der Waals surface area contributed by atoms with E-state index in [0.29, 0.717) is 11.0 Å². The molecule has 138 valence electrons. The molecule has 9 nitrogen and oxygen atoms in total. The number of piperidine rings is 1. The first kappa shape index (κ1) is 18.2. The van der Waals surface area contributed by atoms with Crippen LogP contribution in [0.4, 0.5) is 4.79 Å². The molecule has 1 aliphatic rings. The molecule has 1 amide bonds. The lowest BCUT2D eigenvalue weighted by Gasteiger charge is -2.35. The van der Waals surface area contributed by atoms with Crippen LogP contribution in [0.2, 0.25) is 0 Å². The van der Waals surface area contributed by atoms with Gasteiger partial charge in [-0.25, -0.2) is 13.8 Å². The van der Waals surface area contributed by atoms with Gasteiger partial charge >= 0.3 is 16.3 Å². The number of hydrogen-bond donors (Lipinski definition) is 1. The van der Waals surface area contributed by atoms with E-state index in [1.165, 1.54) is 19.0 Å². The molecule has 1 aromatic heterocycles. The van der Waals surface area contributed by atoms with Gasteiger partial charge in [-0.05, 0) is 25.0 Å². The lowest BCUT2D eigenvalue weighted by Crippen LogP contribution is -2.46. The normalized spacial score (nSPS) is 17.4. The Morgan fingerprint density at radius 2 is 1.92 bits per heavy atom. The van der Waals surface area contributed by atoms with Crippen LogP contribution in [-0.2, 0) is 15.6 Å². The minimum absolute atomic E-state index is 0.139. The van der Waals surface area contributed by atoms with Crippen molar-refractivity contribution in [3.63, 3.8) is 0 Å². The minimum atomic E-state index is -3.91. The van der Waals surface area contributed by atoms with Crippen LogP contribution in [0.5, 0.6) is 0 Å². The van der Waals surface area contributed by atoms with Crippen molar-refractivity contribution in [3.05, 3.63) is 30.1 Å². The number of nitriles is 1. The molecule has 26 heavy (non-hydrogen) atoms. The zero-order chi connectivity index (χ0) is 19.1. The highest BCUT2D eigenvalue weighted by atomic mass is 32.2. The average molecular weight is 377 g/mol. The van der Waals surface area contributed by atoms with Crippen molar-refractivity contribution in [2.45, 2.75) is 18.3 Å². The molecule has 1 N–H and O–H groups in total. The molecular formula is C16H19N5O4S. The van der Waals surface area contributed by atoms with Crippen molar-refractivity contribution >= 4 is 27.3 Å². The quantitative estimate of drug-likeness (QED) is 0.859. The van der Waals surface area contributed by atoms with E-state index in [1.807, 2.05) is 0 Å². The van der Waals surface area contributed by atoms with Gasteiger partial charge in [0.25, 0.3) is 0 Å². The van der Waals surface area contributed by atoms with Gasteiger partial charge in [-0.2, -0.15) is 18.0 Å². The molecule has 1 fully saturated rings. The van der Waals surface area contributed by atoms with E-state index in [9.17, 15) is 18.5 Å². The van der Waals surface area contributed by atoms with Gasteiger partial charge in [0, 0.05) is 27.2 Å². The number of nitrogens with zero attached hydrogens (tertiary/aromatic N) is 5. The van der Waals surface area contributed by atoms with E-state index in [2.05, 4.69) is 11.1 Å². The summed E-state index contributed by atoms with van der Waals surface area (Å²) >= 11 is 0. The number of imidazole rings is 1. The summed E-state index contributed by atoms with van der Waals surface area (Å²) in [6.07, 6.45) is -0.685. The molecule has 0 atom stereocenters. The van der Waals surface area contributed by atoms with E-state index < -0.39 is 21.7 Å². The monoisotopic (exact) mass is 377 g/mol. The summed E-state index contributed by atoms with van der Waals surface area (Å²) in [5.41, 5.74) is -0.302. The van der Waals surface area contributed by atoms with Crippen LogP contribution in [0.15, 0.2) is 24.3 Å². The second kappa shape index (κ2) is 6.26. The number of carbonyl (C=O) groups is 1. The third-order valence-corrected chi connectivity index (χ3v) is 6.49. The summed E-state index contributed by atoms with van der Waals surface area (Å²) in [6.45, 7) is 0.294. The third kappa shape index (κ3) is 2.69. The van der Waals surface area contributed by atoms with Crippen LogP contribution in [0.3, 0.4) is 0 Å². The van der Waals surface area contributed by atoms with E-state index >= 15 is 0 Å². The van der Waals surface area contributed by atoms with E-state index in [0.717, 1.165) is 8.28 Å². The average Bonchev–Trinajstić information content (AvgIpc) is 3.02. The van der Waals surface area contributed by atoms with Gasteiger partial charge in [0.1, 0.15) is 11.2 Å². The van der Waals surface area contributed by atoms with Gasteiger partial charge in [-0.15, -0.1) is 0 Å². The first-order chi connectivity index (χ1) is 12.2. The Labute approximate surface area is 151 Å². The van der Waals surface area contributed by atoms with Crippen molar-refractivity contribution in [1.82, 2.24) is 18.2 Å². The summed E-state index contributed by atoms with van der Waals surface area (Å²) in [4.78, 5) is 16.9. The number of benzene rings is 1. The number of likely N-dealkylation sites (tertiary alicyclic amines) is 1. The molecule has 0 unspecified atom stereocenters. The fourth-order valence-electron chi connectivity index (χ4n) is 3.17. The van der Waals surface area contributed by atoms with Gasteiger partial charge < -0.3 is 10.0 Å². The van der Waals surface area contributed by atoms with Gasteiger partial charge in [-0.1, -0.05) is 12.1 Å². The highest BCUT2D eigenvalue weighted by molar-refractivity contribution is 7.87. The Balaban J connectivity index is 2.22. The molecule has 0 radical (unpaired) electrons. The van der Waals surface area contributed by atoms with Crippen LogP contribution in [0.25, 0.3) is 11.0 Å². The number of para-hydroxylation sites is 2. The number of amides is 1. The van der Waals surface area contributed by atoms with Crippen LogP contribution in [0, 0.1) is 11.3 Å². The van der Waals surface area contributed by atoms with Crippen molar-refractivity contribution in [3.8, 4) is 6.07 Å². The van der Waals surface area contributed by atoms with Crippen molar-refractivity contribution in [2.75, 3.05) is 27.2 Å². The molecule has 0 saturated carbocycles. The Kier molecular flexibility index (Phi) is 4.37. The van der Waals surface area contributed by atoms with Gasteiger partial charge in [0.2, 0.25) is 0 Å². The van der Waals surface area contributed by atoms with Crippen molar-refractivity contribution < 1.29 is 18.3 Å². The summed E-state index contributed by atoms with van der Waals surface area (Å²) in [7, 11) is -1.08. The minimum Gasteiger partial charge on any atom is -0.465 e. The molecule has 10 heteroatoms. The lowest BCUT2D eigenvalue weighted by atomic mass is 9.79. The molecule has 1 aromatic carbocycles. The maximum Gasteiger partial charge on any atom is 0.407 e. The molecule has 0 spiro atoms. The van der Waals surface area contributed by atoms with E-state index in [1.54, 1.807) is 24.3 Å². The fraction of sp³-hybridized carbons (Fsp3) is 0.438. The molecule has 1 aliphatic heterocycles. The van der Waals surface area contributed by atoms with Crippen LogP contribution in [-0.4, -0.2) is 65.0 Å². The Bertz CT molecular complexity index is 997. The third-order valence-electron chi connectivity index (χ3n) is 4.74. The maximum absolute atomic E-state index is 12.9. The number of hydrogen-bond acceptors (Lipinski definition) is 5.